The lowest BCUT2D eigenvalue weighted by atomic mass is 9.67. The molecule has 0 heterocycles. The van der Waals surface area contributed by atoms with Crippen LogP contribution in [0, 0.1) is 0 Å². The van der Waals surface area contributed by atoms with Crippen molar-refractivity contribution in [3.05, 3.63) is 180 Å². The van der Waals surface area contributed by atoms with Crippen LogP contribution in [-0.2, 0) is 5.41 Å². The summed E-state index contributed by atoms with van der Waals surface area (Å²) in [4.78, 5) is 25.4. The van der Waals surface area contributed by atoms with Crippen LogP contribution in [-0.4, -0.2) is 12.1 Å². The van der Waals surface area contributed by atoms with Crippen LogP contribution in [0.2, 0.25) is 0 Å². The fraction of sp³-hybridized carbons (Fsp3) is 0.0256. The molecule has 4 amide bonds. The fourth-order valence-corrected chi connectivity index (χ4v) is 6.26. The first kappa shape index (κ1) is 27.7. The minimum Gasteiger partial charge on any atom is -0.308 e. The first-order valence-corrected chi connectivity index (χ1v) is 14.8. The predicted molar refractivity (Wildman–Crippen MR) is 182 cm³/mol. The molecule has 0 aromatic heterocycles. The van der Waals surface area contributed by atoms with Crippen LogP contribution in [0.15, 0.2) is 158 Å². The van der Waals surface area contributed by atoms with Gasteiger partial charge in [0.2, 0.25) is 0 Å². The summed E-state index contributed by atoms with van der Waals surface area (Å²) in [5.74, 6) is 0. The Hall–Kier alpha value is -6.14. The molecule has 6 aromatic rings. The normalized spacial score (nSPS) is 12.4. The largest absolute Gasteiger partial charge is 0.323 e. The van der Waals surface area contributed by atoms with Gasteiger partial charge in [0.25, 0.3) is 0 Å². The van der Waals surface area contributed by atoms with Gasteiger partial charge in [0.05, 0.1) is 5.41 Å². The Kier molecular flexibility index (Phi) is 7.29. The van der Waals surface area contributed by atoms with E-state index in [1.54, 1.807) is 0 Å². The highest BCUT2D eigenvalue weighted by Gasteiger charge is 2.45. The van der Waals surface area contributed by atoms with Crippen molar-refractivity contribution >= 4 is 34.8 Å². The number of hydrogen-bond acceptors (Lipinski definition) is 2. The van der Waals surface area contributed by atoms with E-state index in [1.165, 1.54) is 22.3 Å². The molecule has 6 nitrogen and oxygen atoms in total. The number of para-hydroxylation sites is 2. The summed E-state index contributed by atoms with van der Waals surface area (Å²) in [5, 5.41) is 11.6. The standard InChI is InChI=1S/C39H30N4O2/c44-37(40-29-11-3-1-4-12-29)42-31-23-19-27(20-24-31)39(35-17-9-7-15-33(35)34-16-8-10-18-36(34)39)28-21-25-32(26-22-28)43-38(45)41-30-13-5-2-6-14-30/h1-26H,(H2,40,42,44)(H2,41,43,45). The van der Waals surface area contributed by atoms with Crippen molar-refractivity contribution in [2.45, 2.75) is 5.41 Å². The molecular weight excluding hydrogens is 556 g/mol. The maximum Gasteiger partial charge on any atom is 0.323 e. The third-order valence-corrected chi connectivity index (χ3v) is 8.17. The highest BCUT2D eigenvalue weighted by molar-refractivity contribution is 6.00. The van der Waals surface area contributed by atoms with E-state index in [0.29, 0.717) is 11.4 Å². The maximum absolute atomic E-state index is 12.7. The monoisotopic (exact) mass is 586 g/mol. The Morgan fingerprint density at radius 1 is 0.356 bits per heavy atom. The number of carbonyl (C=O) groups excluding carboxylic acids is 2. The van der Waals surface area contributed by atoms with Crippen molar-refractivity contribution in [1.82, 2.24) is 0 Å². The number of anilines is 4. The van der Waals surface area contributed by atoms with Gasteiger partial charge < -0.3 is 21.3 Å². The summed E-state index contributed by atoms with van der Waals surface area (Å²) in [7, 11) is 0. The van der Waals surface area contributed by atoms with Gasteiger partial charge in [-0.05, 0) is 81.9 Å². The summed E-state index contributed by atoms with van der Waals surface area (Å²) in [6.45, 7) is 0. The van der Waals surface area contributed by atoms with Crippen LogP contribution >= 0.6 is 0 Å². The van der Waals surface area contributed by atoms with E-state index in [-0.39, 0.29) is 12.1 Å². The van der Waals surface area contributed by atoms with Crippen LogP contribution < -0.4 is 21.3 Å². The molecule has 0 saturated heterocycles. The first-order valence-electron chi connectivity index (χ1n) is 14.8. The van der Waals surface area contributed by atoms with Crippen molar-refractivity contribution in [2.75, 3.05) is 21.3 Å². The van der Waals surface area contributed by atoms with Gasteiger partial charge in [-0.1, -0.05) is 109 Å². The van der Waals surface area contributed by atoms with Crippen LogP contribution in [0.1, 0.15) is 22.3 Å². The van der Waals surface area contributed by atoms with Gasteiger partial charge in [0.1, 0.15) is 0 Å². The number of benzene rings is 6. The zero-order valence-corrected chi connectivity index (χ0v) is 24.3. The van der Waals surface area contributed by atoms with Crippen molar-refractivity contribution in [1.29, 1.82) is 0 Å². The van der Waals surface area contributed by atoms with E-state index in [1.807, 2.05) is 84.9 Å². The zero-order valence-electron chi connectivity index (χ0n) is 24.3. The highest BCUT2D eigenvalue weighted by Crippen LogP contribution is 2.56. The molecule has 7 rings (SSSR count). The van der Waals surface area contributed by atoms with Gasteiger partial charge >= 0.3 is 12.1 Å². The molecule has 1 aliphatic carbocycles. The van der Waals surface area contributed by atoms with Crippen LogP contribution in [0.4, 0.5) is 32.3 Å². The third kappa shape index (κ3) is 5.30. The Bertz CT molecular complexity index is 1830. The molecule has 6 aromatic carbocycles. The SMILES string of the molecule is O=C(Nc1ccccc1)Nc1ccc(C2(c3ccc(NC(=O)Nc4ccccc4)cc3)c3ccccc3-c3ccccc32)cc1. The lowest BCUT2D eigenvalue weighted by Crippen LogP contribution is -2.28. The van der Waals surface area contributed by atoms with E-state index in [9.17, 15) is 9.59 Å². The van der Waals surface area contributed by atoms with Gasteiger partial charge in [0.15, 0.2) is 0 Å². The van der Waals surface area contributed by atoms with Crippen molar-refractivity contribution < 1.29 is 9.59 Å². The van der Waals surface area contributed by atoms with E-state index in [0.717, 1.165) is 22.5 Å². The van der Waals surface area contributed by atoms with E-state index >= 15 is 0 Å². The molecular formula is C39H30N4O2. The third-order valence-electron chi connectivity index (χ3n) is 8.17. The quantitative estimate of drug-likeness (QED) is 0.157. The summed E-state index contributed by atoms with van der Waals surface area (Å²) < 4.78 is 0. The minimum atomic E-state index is -0.608. The summed E-state index contributed by atoms with van der Waals surface area (Å²) in [5.41, 5.74) is 9.06. The lowest BCUT2D eigenvalue weighted by molar-refractivity contribution is 0.261. The van der Waals surface area contributed by atoms with Gasteiger partial charge in [0, 0.05) is 22.7 Å². The van der Waals surface area contributed by atoms with Gasteiger partial charge in [-0.3, -0.25) is 0 Å². The van der Waals surface area contributed by atoms with Crippen molar-refractivity contribution in [2.24, 2.45) is 0 Å². The topological polar surface area (TPSA) is 82.3 Å². The highest BCUT2D eigenvalue weighted by atomic mass is 16.2. The molecule has 1 aliphatic rings. The Morgan fingerprint density at radius 2 is 0.667 bits per heavy atom. The van der Waals surface area contributed by atoms with Gasteiger partial charge in [-0.15, -0.1) is 0 Å². The van der Waals surface area contributed by atoms with Crippen LogP contribution in [0.5, 0.6) is 0 Å². The predicted octanol–water partition coefficient (Wildman–Crippen LogP) is 9.34. The van der Waals surface area contributed by atoms with Crippen LogP contribution in [0.25, 0.3) is 11.1 Å². The van der Waals surface area contributed by atoms with Gasteiger partial charge in [-0.2, -0.15) is 0 Å². The molecule has 0 fully saturated rings. The first-order chi connectivity index (χ1) is 22.1. The molecule has 0 aliphatic heterocycles. The molecule has 4 N–H and O–H groups in total. The Morgan fingerprint density at radius 3 is 1.04 bits per heavy atom. The molecule has 0 atom stereocenters. The van der Waals surface area contributed by atoms with E-state index in [2.05, 4.69) is 94.1 Å². The average molecular weight is 587 g/mol. The van der Waals surface area contributed by atoms with Gasteiger partial charge in [-0.25, -0.2) is 9.59 Å². The van der Waals surface area contributed by atoms with Crippen LogP contribution in [0.3, 0.4) is 0 Å². The summed E-state index contributed by atoms with van der Waals surface area (Å²) in [6, 6.07) is 51.2. The second-order valence-electron chi connectivity index (χ2n) is 10.9. The molecule has 0 spiro atoms. The van der Waals surface area contributed by atoms with Crippen molar-refractivity contribution in [3.63, 3.8) is 0 Å². The van der Waals surface area contributed by atoms with E-state index in [4.69, 9.17) is 0 Å². The number of rotatable bonds is 6. The second-order valence-corrected chi connectivity index (χ2v) is 10.9. The summed E-state index contributed by atoms with van der Waals surface area (Å²) >= 11 is 0. The Balaban J connectivity index is 1.24. The number of urea groups is 2. The molecule has 0 saturated carbocycles. The molecule has 0 radical (unpaired) electrons. The van der Waals surface area contributed by atoms with Crippen molar-refractivity contribution in [3.8, 4) is 11.1 Å². The average Bonchev–Trinajstić information content (AvgIpc) is 3.37. The summed E-state index contributed by atoms with van der Waals surface area (Å²) in [6.07, 6.45) is 0. The molecule has 0 unspecified atom stereocenters. The second kappa shape index (κ2) is 11.9. The Labute approximate surface area is 261 Å². The number of fused-ring (bicyclic) bond motifs is 3. The maximum atomic E-state index is 12.7. The smallest absolute Gasteiger partial charge is 0.308 e. The number of hydrogen-bond donors (Lipinski definition) is 4. The fourth-order valence-electron chi connectivity index (χ4n) is 6.26. The lowest BCUT2D eigenvalue weighted by Gasteiger charge is -2.34. The molecule has 218 valence electrons. The van der Waals surface area contributed by atoms with E-state index < -0.39 is 5.41 Å². The zero-order chi connectivity index (χ0) is 30.6. The molecule has 45 heavy (non-hydrogen) atoms. The molecule has 6 heteroatoms. The number of nitrogens with one attached hydrogen (secondary N) is 4. The molecule has 0 bridgehead atoms. The number of amides is 4. The minimum absolute atomic E-state index is 0.306. The number of carbonyl (C=O) groups is 2.